The average Bonchev–Trinajstić information content (AvgIpc) is 3.07. The van der Waals surface area contributed by atoms with E-state index < -0.39 is 0 Å². The van der Waals surface area contributed by atoms with Gasteiger partial charge in [0.15, 0.2) is 0 Å². The molecule has 6 nitrogen and oxygen atoms in total. The number of hydrogen-bond acceptors (Lipinski definition) is 4. The number of likely N-dealkylation sites (tertiary alicyclic amines) is 1. The van der Waals surface area contributed by atoms with Crippen LogP contribution in [0.25, 0.3) is 10.4 Å². The van der Waals surface area contributed by atoms with Gasteiger partial charge < -0.3 is 4.90 Å². The molecule has 0 N–H and O–H groups in total. The highest BCUT2D eigenvalue weighted by atomic mass is 32.1. The van der Waals surface area contributed by atoms with Gasteiger partial charge in [-0.15, -0.1) is 11.3 Å². The zero-order valence-corrected chi connectivity index (χ0v) is 13.0. The first kappa shape index (κ1) is 14.4. The van der Waals surface area contributed by atoms with E-state index in [-0.39, 0.29) is 17.9 Å². The van der Waals surface area contributed by atoms with Crippen molar-refractivity contribution < 1.29 is 4.79 Å². The molecule has 2 atom stereocenters. The standard InChI is InChI=1S/C14H19N5OS/c1-9(14-17-11-4-2-3-5-12(11)21-14)19-8-10(6-13(19)20)7-16-18-15/h9-10H,2-8H2,1H3. The van der Waals surface area contributed by atoms with Crippen molar-refractivity contribution in [1.82, 2.24) is 9.88 Å². The Morgan fingerprint density at radius 2 is 2.33 bits per heavy atom. The van der Waals surface area contributed by atoms with Crippen LogP contribution in [0.3, 0.4) is 0 Å². The van der Waals surface area contributed by atoms with Gasteiger partial charge in [-0.1, -0.05) is 5.11 Å². The minimum absolute atomic E-state index is 0.0316. The third kappa shape index (κ3) is 2.89. The molecule has 1 amide bonds. The molecule has 2 unspecified atom stereocenters. The maximum Gasteiger partial charge on any atom is 0.223 e. The number of fused-ring (bicyclic) bond motifs is 1. The lowest BCUT2D eigenvalue weighted by Gasteiger charge is -2.22. The van der Waals surface area contributed by atoms with Crippen LogP contribution in [-0.4, -0.2) is 28.9 Å². The molecule has 112 valence electrons. The zero-order chi connectivity index (χ0) is 14.8. The van der Waals surface area contributed by atoms with Crippen molar-refractivity contribution in [2.75, 3.05) is 13.1 Å². The first-order chi connectivity index (χ1) is 10.2. The first-order valence-corrected chi connectivity index (χ1v) is 8.29. The van der Waals surface area contributed by atoms with E-state index in [2.05, 4.69) is 16.9 Å². The van der Waals surface area contributed by atoms with Crippen molar-refractivity contribution in [3.05, 3.63) is 26.0 Å². The van der Waals surface area contributed by atoms with Crippen molar-refractivity contribution in [3.8, 4) is 0 Å². The van der Waals surface area contributed by atoms with Gasteiger partial charge in [0.2, 0.25) is 5.91 Å². The Bertz CT molecular complexity index is 569. The molecule has 0 bridgehead atoms. The van der Waals surface area contributed by atoms with E-state index in [1.807, 2.05) is 4.90 Å². The fourth-order valence-corrected chi connectivity index (χ4v) is 4.36. The summed E-state index contributed by atoms with van der Waals surface area (Å²) in [5.74, 6) is 0.291. The molecule has 21 heavy (non-hydrogen) atoms. The molecule has 2 aliphatic rings. The van der Waals surface area contributed by atoms with Crippen LogP contribution in [0.1, 0.15) is 47.8 Å². The van der Waals surface area contributed by atoms with Crippen molar-refractivity contribution in [2.45, 2.75) is 45.1 Å². The SMILES string of the molecule is CC(c1nc2c(s1)CCCC2)N1CC(CN=[N+]=[N-])CC1=O. The van der Waals surface area contributed by atoms with Gasteiger partial charge in [-0.25, -0.2) is 4.98 Å². The lowest BCUT2D eigenvalue weighted by molar-refractivity contribution is -0.129. The molecule has 0 aromatic carbocycles. The Kier molecular flexibility index (Phi) is 4.12. The summed E-state index contributed by atoms with van der Waals surface area (Å²) in [6.07, 6.45) is 5.16. The number of aromatic nitrogens is 1. The van der Waals surface area contributed by atoms with Gasteiger partial charge in [0.05, 0.1) is 11.7 Å². The largest absolute Gasteiger partial charge is 0.333 e. The minimum atomic E-state index is 0.0316. The van der Waals surface area contributed by atoms with Crippen LogP contribution in [-0.2, 0) is 17.6 Å². The van der Waals surface area contributed by atoms with Crippen molar-refractivity contribution in [2.24, 2.45) is 11.0 Å². The normalized spacial score (nSPS) is 22.8. The number of carbonyl (C=O) groups is 1. The summed E-state index contributed by atoms with van der Waals surface area (Å²) in [7, 11) is 0. The van der Waals surface area contributed by atoms with Gasteiger partial charge in [-0.2, -0.15) is 0 Å². The topological polar surface area (TPSA) is 82.0 Å². The van der Waals surface area contributed by atoms with E-state index in [0.29, 0.717) is 19.5 Å². The summed E-state index contributed by atoms with van der Waals surface area (Å²) >= 11 is 1.76. The van der Waals surface area contributed by atoms with Crippen LogP contribution in [0, 0.1) is 5.92 Å². The molecule has 1 fully saturated rings. The summed E-state index contributed by atoms with van der Waals surface area (Å²) in [6, 6.07) is 0.0316. The van der Waals surface area contributed by atoms with Gasteiger partial charge >= 0.3 is 0 Å². The summed E-state index contributed by atoms with van der Waals surface area (Å²) in [4.78, 5) is 23.0. The van der Waals surface area contributed by atoms with Gasteiger partial charge in [0, 0.05) is 29.3 Å². The highest BCUT2D eigenvalue weighted by Crippen LogP contribution is 2.34. The molecule has 0 spiro atoms. The fraction of sp³-hybridized carbons (Fsp3) is 0.714. The Labute approximate surface area is 127 Å². The Morgan fingerprint density at radius 3 is 3.10 bits per heavy atom. The van der Waals surface area contributed by atoms with E-state index in [1.54, 1.807) is 11.3 Å². The molecular formula is C14H19N5OS. The molecule has 1 saturated heterocycles. The Morgan fingerprint density at radius 1 is 1.52 bits per heavy atom. The Hall–Kier alpha value is -1.59. The third-order valence-electron chi connectivity index (χ3n) is 4.33. The van der Waals surface area contributed by atoms with E-state index in [1.165, 1.54) is 23.4 Å². The Balaban J connectivity index is 1.72. The molecule has 0 saturated carbocycles. The molecule has 1 aliphatic heterocycles. The lowest BCUT2D eigenvalue weighted by Crippen LogP contribution is -2.28. The second-order valence-corrected chi connectivity index (χ2v) is 6.95. The van der Waals surface area contributed by atoms with Crippen LogP contribution in [0.15, 0.2) is 5.11 Å². The third-order valence-corrected chi connectivity index (χ3v) is 5.66. The average molecular weight is 305 g/mol. The maximum atomic E-state index is 12.2. The van der Waals surface area contributed by atoms with Gasteiger partial charge in [-0.05, 0) is 44.1 Å². The predicted molar refractivity (Wildman–Crippen MR) is 81.0 cm³/mol. The monoisotopic (exact) mass is 305 g/mol. The van der Waals surface area contributed by atoms with Gasteiger partial charge in [-0.3, -0.25) is 4.79 Å². The zero-order valence-electron chi connectivity index (χ0n) is 12.2. The van der Waals surface area contributed by atoms with Crippen LogP contribution < -0.4 is 0 Å². The smallest absolute Gasteiger partial charge is 0.223 e. The molecular weight excluding hydrogens is 286 g/mol. The van der Waals surface area contributed by atoms with Crippen LogP contribution >= 0.6 is 11.3 Å². The summed E-state index contributed by atoms with van der Waals surface area (Å²) < 4.78 is 0. The quantitative estimate of drug-likeness (QED) is 0.486. The number of thiazole rings is 1. The lowest BCUT2D eigenvalue weighted by atomic mass is 10.0. The van der Waals surface area contributed by atoms with Crippen molar-refractivity contribution in [1.29, 1.82) is 0 Å². The van der Waals surface area contributed by atoms with Crippen LogP contribution in [0.2, 0.25) is 0 Å². The molecule has 1 aromatic rings. The van der Waals surface area contributed by atoms with Crippen LogP contribution in [0.4, 0.5) is 0 Å². The second-order valence-electron chi connectivity index (χ2n) is 5.83. The highest BCUT2D eigenvalue weighted by molar-refractivity contribution is 7.11. The number of hydrogen-bond donors (Lipinski definition) is 0. The number of carbonyl (C=O) groups excluding carboxylic acids is 1. The molecule has 7 heteroatoms. The molecule has 1 aliphatic carbocycles. The number of aryl methyl sites for hydroxylation is 2. The summed E-state index contributed by atoms with van der Waals surface area (Å²) in [5, 5.41) is 4.65. The van der Waals surface area contributed by atoms with E-state index in [0.717, 1.165) is 17.8 Å². The number of rotatable bonds is 4. The fourth-order valence-electron chi connectivity index (χ4n) is 3.14. The summed E-state index contributed by atoms with van der Waals surface area (Å²) in [5.41, 5.74) is 9.63. The maximum absolute atomic E-state index is 12.2. The second kappa shape index (κ2) is 6.03. The van der Waals surface area contributed by atoms with E-state index in [9.17, 15) is 4.79 Å². The molecule has 3 rings (SSSR count). The number of amides is 1. The van der Waals surface area contributed by atoms with Gasteiger partial charge in [0.25, 0.3) is 0 Å². The van der Waals surface area contributed by atoms with Gasteiger partial charge in [0.1, 0.15) is 5.01 Å². The minimum Gasteiger partial charge on any atom is -0.333 e. The molecule has 2 heterocycles. The molecule has 1 aromatic heterocycles. The summed E-state index contributed by atoms with van der Waals surface area (Å²) in [6.45, 7) is 3.13. The van der Waals surface area contributed by atoms with Crippen molar-refractivity contribution >= 4 is 17.2 Å². The first-order valence-electron chi connectivity index (χ1n) is 7.48. The van der Waals surface area contributed by atoms with E-state index >= 15 is 0 Å². The highest BCUT2D eigenvalue weighted by Gasteiger charge is 2.34. The van der Waals surface area contributed by atoms with Crippen molar-refractivity contribution in [3.63, 3.8) is 0 Å². The van der Waals surface area contributed by atoms with Crippen LogP contribution in [0.5, 0.6) is 0 Å². The number of nitrogens with zero attached hydrogens (tertiary/aromatic N) is 5. The predicted octanol–water partition coefficient (Wildman–Crippen LogP) is 3.24. The van der Waals surface area contributed by atoms with E-state index in [4.69, 9.17) is 10.5 Å². The number of azide groups is 1. The molecule has 0 radical (unpaired) electrons.